The standard InChI is InChI=1S/C17H23FN2O3/c1-22-11-16(21)20-8-9-23-17(13-20)6-3-7-19(12-17)15-5-2-4-14(18)10-15/h2,4-5,10H,3,6-9,11-13H2,1H3. The summed E-state index contributed by atoms with van der Waals surface area (Å²) in [4.78, 5) is 16.1. The molecule has 2 heterocycles. The molecular formula is C17H23FN2O3. The molecule has 0 aromatic heterocycles. The summed E-state index contributed by atoms with van der Waals surface area (Å²) in [5.74, 6) is -0.235. The summed E-state index contributed by atoms with van der Waals surface area (Å²) in [5.41, 5.74) is 0.500. The lowest BCUT2D eigenvalue weighted by Gasteiger charge is -2.48. The van der Waals surface area contributed by atoms with Crippen LogP contribution in [-0.2, 0) is 14.3 Å². The van der Waals surface area contributed by atoms with Gasteiger partial charge in [0.05, 0.1) is 13.2 Å². The van der Waals surface area contributed by atoms with Gasteiger partial charge in [-0.15, -0.1) is 0 Å². The van der Waals surface area contributed by atoms with Crippen LogP contribution in [0.4, 0.5) is 10.1 Å². The molecule has 1 unspecified atom stereocenters. The number of morpholine rings is 1. The minimum atomic E-state index is -0.369. The Morgan fingerprint density at radius 2 is 2.26 bits per heavy atom. The molecule has 3 rings (SSSR count). The smallest absolute Gasteiger partial charge is 0.248 e. The van der Waals surface area contributed by atoms with Gasteiger partial charge in [-0.3, -0.25) is 4.79 Å². The number of amides is 1. The molecule has 2 aliphatic rings. The van der Waals surface area contributed by atoms with Gasteiger partial charge in [-0.25, -0.2) is 4.39 Å². The summed E-state index contributed by atoms with van der Waals surface area (Å²) in [6, 6.07) is 6.64. The average molecular weight is 322 g/mol. The molecule has 1 spiro atoms. The molecule has 1 atom stereocenters. The number of carbonyl (C=O) groups excluding carboxylic acids is 1. The zero-order valence-corrected chi connectivity index (χ0v) is 13.5. The van der Waals surface area contributed by atoms with Gasteiger partial charge in [-0.2, -0.15) is 0 Å². The molecule has 1 aromatic carbocycles. The number of methoxy groups -OCH3 is 1. The molecule has 1 amide bonds. The molecule has 23 heavy (non-hydrogen) atoms. The van der Waals surface area contributed by atoms with Crippen molar-refractivity contribution in [2.45, 2.75) is 18.4 Å². The van der Waals surface area contributed by atoms with Crippen molar-refractivity contribution in [1.82, 2.24) is 4.90 Å². The van der Waals surface area contributed by atoms with E-state index in [4.69, 9.17) is 9.47 Å². The van der Waals surface area contributed by atoms with Crippen LogP contribution in [0.2, 0.25) is 0 Å². The summed E-state index contributed by atoms with van der Waals surface area (Å²) in [6.45, 7) is 3.36. The lowest BCUT2D eigenvalue weighted by atomic mass is 9.90. The van der Waals surface area contributed by atoms with E-state index in [1.165, 1.54) is 13.2 Å². The number of halogens is 1. The SMILES string of the molecule is COCC(=O)N1CCOC2(CCCN(c3cccc(F)c3)C2)C1. The van der Waals surface area contributed by atoms with E-state index in [1.807, 2.05) is 11.0 Å². The van der Waals surface area contributed by atoms with Gasteiger partial charge in [-0.1, -0.05) is 6.07 Å². The topological polar surface area (TPSA) is 42.0 Å². The lowest BCUT2D eigenvalue weighted by molar-refractivity contribution is -0.155. The van der Waals surface area contributed by atoms with Crippen LogP contribution in [0.1, 0.15) is 12.8 Å². The number of ether oxygens (including phenoxy) is 2. The van der Waals surface area contributed by atoms with Crippen molar-refractivity contribution in [2.24, 2.45) is 0 Å². The molecule has 6 heteroatoms. The van der Waals surface area contributed by atoms with Crippen LogP contribution in [0.3, 0.4) is 0 Å². The monoisotopic (exact) mass is 322 g/mol. The van der Waals surface area contributed by atoms with E-state index in [1.54, 1.807) is 12.1 Å². The fourth-order valence-electron chi connectivity index (χ4n) is 3.51. The van der Waals surface area contributed by atoms with Gasteiger partial charge in [0.2, 0.25) is 5.91 Å². The van der Waals surface area contributed by atoms with Crippen molar-refractivity contribution < 1.29 is 18.7 Å². The third-order valence-corrected chi connectivity index (χ3v) is 4.58. The minimum absolute atomic E-state index is 0.00180. The Morgan fingerprint density at radius 1 is 1.39 bits per heavy atom. The highest BCUT2D eigenvalue weighted by molar-refractivity contribution is 5.77. The van der Waals surface area contributed by atoms with Gasteiger partial charge < -0.3 is 19.3 Å². The predicted octanol–water partition coefficient (Wildman–Crippen LogP) is 1.67. The van der Waals surface area contributed by atoms with Crippen LogP contribution in [0.15, 0.2) is 24.3 Å². The number of benzene rings is 1. The molecule has 5 nitrogen and oxygen atoms in total. The van der Waals surface area contributed by atoms with Crippen LogP contribution in [-0.4, -0.2) is 62.9 Å². The first kappa shape index (κ1) is 16.2. The van der Waals surface area contributed by atoms with Gasteiger partial charge >= 0.3 is 0 Å². The number of nitrogens with zero attached hydrogens (tertiary/aromatic N) is 2. The highest BCUT2D eigenvalue weighted by Crippen LogP contribution is 2.31. The summed E-state index contributed by atoms with van der Waals surface area (Å²) in [5, 5.41) is 0. The minimum Gasteiger partial charge on any atom is -0.375 e. The van der Waals surface area contributed by atoms with E-state index < -0.39 is 0 Å². The summed E-state index contributed by atoms with van der Waals surface area (Å²) < 4.78 is 24.5. The maximum absolute atomic E-state index is 13.5. The van der Waals surface area contributed by atoms with E-state index in [0.717, 1.165) is 25.1 Å². The Kier molecular flexibility index (Phi) is 4.82. The molecule has 0 bridgehead atoms. The largest absolute Gasteiger partial charge is 0.375 e. The Labute approximate surface area is 136 Å². The third-order valence-electron chi connectivity index (χ3n) is 4.58. The van der Waals surface area contributed by atoms with Crippen LogP contribution in [0, 0.1) is 5.82 Å². The first-order valence-electron chi connectivity index (χ1n) is 8.03. The first-order chi connectivity index (χ1) is 11.1. The van der Waals surface area contributed by atoms with E-state index in [0.29, 0.717) is 26.2 Å². The van der Waals surface area contributed by atoms with Gasteiger partial charge in [0.15, 0.2) is 0 Å². The third kappa shape index (κ3) is 3.64. The van der Waals surface area contributed by atoms with E-state index >= 15 is 0 Å². The summed E-state index contributed by atoms with van der Waals surface area (Å²) >= 11 is 0. The van der Waals surface area contributed by atoms with Crippen molar-refractivity contribution >= 4 is 11.6 Å². The van der Waals surface area contributed by atoms with Crippen LogP contribution in [0.25, 0.3) is 0 Å². The summed E-state index contributed by atoms with van der Waals surface area (Å²) in [6.07, 6.45) is 1.87. The molecular weight excluding hydrogens is 299 g/mol. The van der Waals surface area contributed by atoms with E-state index in [9.17, 15) is 9.18 Å². The zero-order valence-electron chi connectivity index (χ0n) is 13.5. The fourth-order valence-corrected chi connectivity index (χ4v) is 3.51. The van der Waals surface area contributed by atoms with E-state index in [-0.39, 0.29) is 23.9 Å². The van der Waals surface area contributed by atoms with Crippen LogP contribution >= 0.6 is 0 Å². The highest BCUT2D eigenvalue weighted by atomic mass is 19.1. The van der Waals surface area contributed by atoms with Gasteiger partial charge in [0, 0.05) is 32.4 Å². The molecule has 0 aliphatic carbocycles. The van der Waals surface area contributed by atoms with Gasteiger partial charge in [-0.05, 0) is 31.0 Å². The molecule has 2 saturated heterocycles. The Morgan fingerprint density at radius 3 is 3.04 bits per heavy atom. The molecule has 126 valence electrons. The number of anilines is 1. The predicted molar refractivity (Wildman–Crippen MR) is 85.0 cm³/mol. The number of hydrogen-bond acceptors (Lipinski definition) is 4. The summed E-state index contributed by atoms with van der Waals surface area (Å²) in [7, 11) is 1.53. The van der Waals surface area contributed by atoms with Crippen molar-refractivity contribution in [3.8, 4) is 0 Å². The lowest BCUT2D eigenvalue weighted by Crippen LogP contribution is -2.61. The molecule has 2 aliphatic heterocycles. The van der Waals surface area contributed by atoms with Gasteiger partial charge in [0.1, 0.15) is 18.0 Å². The number of hydrogen-bond donors (Lipinski definition) is 0. The molecule has 0 radical (unpaired) electrons. The van der Waals surface area contributed by atoms with Crippen molar-refractivity contribution in [3.63, 3.8) is 0 Å². The number of rotatable bonds is 3. The second-order valence-electron chi connectivity index (χ2n) is 6.28. The number of carbonyl (C=O) groups is 1. The second kappa shape index (κ2) is 6.84. The molecule has 1 aromatic rings. The van der Waals surface area contributed by atoms with E-state index in [2.05, 4.69) is 4.90 Å². The maximum atomic E-state index is 13.5. The normalized spacial score (nSPS) is 25.0. The Balaban J connectivity index is 1.72. The fraction of sp³-hybridized carbons (Fsp3) is 0.588. The molecule has 0 saturated carbocycles. The van der Waals surface area contributed by atoms with Crippen LogP contribution < -0.4 is 4.90 Å². The van der Waals surface area contributed by atoms with Gasteiger partial charge in [0.25, 0.3) is 0 Å². The molecule has 0 N–H and O–H groups in total. The molecule has 2 fully saturated rings. The zero-order chi connectivity index (χ0) is 16.3. The number of piperidine rings is 1. The first-order valence-corrected chi connectivity index (χ1v) is 8.03. The quantitative estimate of drug-likeness (QED) is 0.849. The average Bonchev–Trinajstić information content (AvgIpc) is 2.55. The Hall–Kier alpha value is -1.66. The maximum Gasteiger partial charge on any atom is 0.248 e. The van der Waals surface area contributed by atoms with Crippen molar-refractivity contribution in [3.05, 3.63) is 30.1 Å². The second-order valence-corrected chi connectivity index (χ2v) is 6.28. The van der Waals surface area contributed by atoms with Crippen molar-refractivity contribution in [2.75, 3.05) is 51.4 Å². The van der Waals surface area contributed by atoms with Crippen molar-refractivity contribution in [1.29, 1.82) is 0 Å². The Bertz CT molecular complexity index is 565. The van der Waals surface area contributed by atoms with Crippen LogP contribution in [0.5, 0.6) is 0 Å². The highest BCUT2D eigenvalue weighted by Gasteiger charge is 2.41.